The summed E-state index contributed by atoms with van der Waals surface area (Å²) in [6, 6.07) is 2.10. The Labute approximate surface area is 142 Å². The van der Waals surface area contributed by atoms with E-state index in [9.17, 15) is 8.78 Å². The Kier molecular flexibility index (Phi) is 4.44. The third kappa shape index (κ3) is 2.82. The van der Waals surface area contributed by atoms with Crippen LogP contribution in [0.15, 0.2) is 29.5 Å². The molecule has 0 radical (unpaired) electrons. The summed E-state index contributed by atoms with van der Waals surface area (Å²) in [5.74, 6) is -1.48. The van der Waals surface area contributed by atoms with Gasteiger partial charge in [-0.1, -0.05) is 18.5 Å². The molecule has 8 heteroatoms. The Balaban J connectivity index is 2.25. The summed E-state index contributed by atoms with van der Waals surface area (Å²) in [5, 5.41) is 14.2. The summed E-state index contributed by atoms with van der Waals surface area (Å²) < 4.78 is 28.8. The number of halogens is 3. The van der Waals surface area contributed by atoms with E-state index in [0.717, 1.165) is 24.8 Å². The van der Waals surface area contributed by atoms with Gasteiger partial charge in [-0.05, 0) is 18.6 Å². The van der Waals surface area contributed by atoms with Gasteiger partial charge in [0, 0.05) is 29.6 Å². The van der Waals surface area contributed by atoms with Crippen molar-refractivity contribution in [3.8, 4) is 0 Å². The van der Waals surface area contributed by atoms with E-state index >= 15 is 0 Å². The zero-order chi connectivity index (χ0) is 17.3. The summed E-state index contributed by atoms with van der Waals surface area (Å²) in [7, 11) is 0. The first-order valence-corrected chi connectivity index (χ1v) is 7.69. The minimum absolute atomic E-state index is 0.0234. The second-order valence-corrected chi connectivity index (χ2v) is 5.67. The molecule has 2 N–H and O–H groups in total. The van der Waals surface area contributed by atoms with E-state index < -0.39 is 11.6 Å². The fraction of sp³-hybridized carbons (Fsp3) is 0.188. The van der Waals surface area contributed by atoms with Gasteiger partial charge in [-0.25, -0.2) is 13.8 Å². The molecule has 1 aliphatic rings. The topological polar surface area (TPSA) is 68.1 Å². The van der Waals surface area contributed by atoms with Crippen molar-refractivity contribution >= 4 is 34.9 Å². The Bertz CT molecular complexity index is 833. The van der Waals surface area contributed by atoms with Crippen LogP contribution in [0.1, 0.15) is 24.6 Å². The largest absolute Gasteiger partial charge is 0.332 e. The molecule has 0 amide bonds. The van der Waals surface area contributed by atoms with E-state index in [1.54, 1.807) is 11.1 Å². The molecule has 0 spiro atoms. The Hall–Kier alpha value is -2.54. The van der Waals surface area contributed by atoms with Gasteiger partial charge in [-0.15, -0.1) is 0 Å². The summed E-state index contributed by atoms with van der Waals surface area (Å²) in [6.07, 6.45) is 4.96. The van der Waals surface area contributed by atoms with Crippen LogP contribution >= 0.6 is 11.6 Å². The number of fused-ring (bicyclic) bond motifs is 1. The molecule has 24 heavy (non-hydrogen) atoms. The van der Waals surface area contributed by atoms with Crippen LogP contribution in [-0.2, 0) is 0 Å². The van der Waals surface area contributed by atoms with Crippen molar-refractivity contribution in [1.29, 1.82) is 5.41 Å². The molecule has 2 aromatic rings. The first-order valence-electron chi connectivity index (χ1n) is 7.31. The number of allylic oxidation sites excluding steroid dienone is 1. The van der Waals surface area contributed by atoms with Crippen molar-refractivity contribution in [2.24, 2.45) is 4.99 Å². The first kappa shape index (κ1) is 16.3. The van der Waals surface area contributed by atoms with E-state index in [0.29, 0.717) is 23.5 Å². The minimum Gasteiger partial charge on any atom is -0.332 e. The van der Waals surface area contributed by atoms with E-state index in [-0.39, 0.29) is 16.4 Å². The Morgan fingerprint density at radius 3 is 2.67 bits per heavy atom. The fourth-order valence-corrected chi connectivity index (χ4v) is 2.72. The molecule has 1 aromatic heterocycles. The molecule has 5 nitrogen and oxygen atoms in total. The molecule has 0 atom stereocenters. The molecule has 2 heterocycles. The predicted molar refractivity (Wildman–Crippen MR) is 89.9 cm³/mol. The fourth-order valence-electron chi connectivity index (χ4n) is 2.53. The summed E-state index contributed by atoms with van der Waals surface area (Å²) in [4.78, 5) is 6.02. The summed E-state index contributed by atoms with van der Waals surface area (Å²) >= 11 is 5.71. The maximum absolute atomic E-state index is 14.4. The number of H-pyrrole nitrogens is 1. The molecule has 1 aromatic carbocycles. The molecular weight excluding hydrogens is 336 g/mol. The standard InChI is InChI=1S/C16H14ClF2N5/c1-2-3-24-8-9(6-20)15-13(7-21-23-15)22-16(24)14-11(18)4-10(17)5-12(14)19/h4-8,20H,2-3H2,1H3,(H,21,23). The van der Waals surface area contributed by atoms with Gasteiger partial charge in [0.1, 0.15) is 23.2 Å². The SMILES string of the molecule is CCCN1C=C(C=N)c2[nH]ncc2N=C1c1c(F)cc(Cl)cc1F. The Morgan fingerprint density at radius 1 is 1.33 bits per heavy atom. The third-order valence-corrected chi connectivity index (χ3v) is 3.77. The molecule has 0 saturated heterocycles. The predicted octanol–water partition coefficient (Wildman–Crippen LogP) is 4.14. The number of nitrogens with zero attached hydrogens (tertiary/aromatic N) is 3. The number of amidine groups is 1. The molecule has 0 bridgehead atoms. The van der Waals surface area contributed by atoms with E-state index in [4.69, 9.17) is 17.0 Å². The molecule has 0 unspecified atom stereocenters. The molecule has 3 rings (SSSR count). The average molecular weight is 350 g/mol. The molecule has 0 fully saturated rings. The third-order valence-electron chi connectivity index (χ3n) is 3.55. The second-order valence-electron chi connectivity index (χ2n) is 5.23. The number of hydrogen-bond donors (Lipinski definition) is 2. The monoisotopic (exact) mass is 349 g/mol. The zero-order valence-corrected chi connectivity index (χ0v) is 13.5. The van der Waals surface area contributed by atoms with Crippen molar-refractivity contribution in [2.75, 3.05) is 6.54 Å². The lowest BCUT2D eigenvalue weighted by molar-refractivity contribution is 0.531. The molecule has 1 aliphatic heterocycles. The lowest BCUT2D eigenvalue weighted by Crippen LogP contribution is -2.29. The van der Waals surface area contributed by atoms with Crippen LogP contribution in [0.4, 0.5) is 14.5 Å². The highest BCUT2D eigenvalue weighted by molar-refractivity contribution is 6.30. The van der Waals surface area contributed by atoms with Crippen LogP contribution in [0.3, 0.4) is 0 Å². The normalized spacial score (nSPS) is 13.9. The van der Waals surface area contributed by atoms with Crippen molar-refractivity contribution in [3.05, 3.63) is 52.4 Å². The van der Waals surface area contributed by atoms with Gasteiger partial charge in [0.15, 0.2) is 0 Å². The second kappa shape index (κ2) is 6.52. The van der Waals surface area contributed by atoms with Crippen molar-refractivity contribution in [1.82, 2.24) is 15.1 Å². The van der Waals surface area contributed by atoms with Crippen molar-refractivity contribution in [3.63, 3.8) is 0 Å². The molecule has 0 aliphatic carbocycles. The number of rotatable bonds is 4. The van der Waals surface area contributed by atoms with Crippen molar-refractivity contribution < 1.29 is 8.78 Å². The zero-order valence-electron chi connectivity index (χ0n) is 12.8. The Morgan fingerprint density at radius 2 is 2.04 bits per heavy atom. The molecular formula is C16H14ClF2N5. The van der Waals surface area contributed by atoms with Gasteiger partial charge >= 0.3 is 0 Å². The molecule has 124 valence electrons. The van der Waals surface area contributed by atoms with Gasteiger partial charge in [-0.2, -0.15) is 5.10 Å². The lowest BCUT2D eigenvalue weighted by Gasteiger charge is -2.22. The summed E-state index contributed by atoms with van der Waals surface area (Å²) in [5.41, 5.74) is 1.19. The highest BCUT2D eigenvalue weighted by Gasteiger charge is 2.25. The van der Waals surface area contributed by atoms with Gasteiger partial charge in [0.25, 0.3) is 0 Å². The maximum Gasteiger partial charge on any atom is 0.146 e. The number of nitrogens with one attached hydrogen (secondary N) is 2. The highest BCUT2D eigenvalue weighted by atomic mass is 35.5. The van der Waals surface area contributed by atoms with E-state index in [1.165, 1.54) is 6.20 Å². The quantitative estimate of drug-likeness (QED) is 0.815. The average Bonchev–Trinajstić information content (AvgIpc) is 2.92. The molecule has 0 saturated carbocycles. The number of benzene rings is 1. The van der Waals surface area contributed by atoms with Crippen molar-refractivity contribution in [2.45, 2.75) is 13.3 Å². The van der Waals surface area contributed by atoms with E-state index in [2.05, 4.69) is 15.2 Å². The number of hydrogen-bond acceptors (Lipinski definition) is 4. The van der Waals surface area contributed by atoms with Gasteiger partial charge in [0.2, 0.25) is 0 Å². The number of aromatic amines is 1. The number of aliphatic imine (C=N–C) groups is 1. The van der Waals surface area contributed by atoms with Crippen LogP contribution < -0.4 is 0 Å². The lowest BCUT2D eigenvalue weighted by atomic mass is 10.1. The van der Waals surface area contributed by atoms with Crippen LogP contribution in [0.5, 0.6) is 0 Å². The van der Waals surface area contributed by atoms with E-state index in [1.807, 2.05) is 6.92 Å². The highest BCUT2D eigenvalue weighted by Crippen LogP contribution is 2.30. The smallest absolute Gasteiger partial charge is 0.146 e. The first-order chi connectivity index (χ1) is 11.5. The number of aromatic nitrogens is 2. The summed E-state index contributed by atoms with van der Waals surface area (Å²) in [6.45, 7) is 2.42. The van der Waals surface area contributed by atoms with Crippen LogP contribution in [0, 0.1) is 17.0 Å². The van der Waals surface area contributed by atoms with Crippen LogP contribution in [0.25, 0.3) is 5.57 Å². The van der Waals surface area contributed by atoms with Gasteiger partial charge in [0.05, 0.1) is 17.5 Å². The van der Waals surface area contributed by atoms with Crippen LogP contribution in [0.2, 0.25) is 5.02 Å². The minimum atomic E-state index is -0.795. The maximum atomic E-state index is 14.4. The van der Waals surface area contributed by atoms with Crippen LogP contribution in [-0.4, -0.2) is 33.7 Å². The van der Waals surface area contributed by atoms with Gasteiger partial charge < -0.3 is 10.3 Å². The van der Waals surface area contributed by atoms with Gasteiger partial charge in [-0.3, -0.25) is 5.10 Å².